The van der Waals surface area contributed by atoms with Gasteiger partial charge < -0.3 is 25.0 Å². The van der Waals surface area contributed by atoms with E-state index in [2.05, 4.69) is 24.5 Å². The van der Waals surface area contributed by atoms with E-state index in [1.807, 2.05) is 36.4 Å². The van der Waals surface area contributed by atoms with Gasteiger partial charge in [-0.3, -0.25) is 14.4 Å². The summed E-state index contributed by atoms with van der Waals surface area (Å²) < 4.78 is 11.8. The number of hydrogen-bond donors (Lipinski definition) is 2. The van der Waals surface area contributed by atoms with Crippen LogP contribution in [0.3, 0.4) is 0 Å². The molecule has 3 aliphatic heterocycles. The number of methoxy groups -OCH3 is 1. The van der Waals surface area contributed by atoms with E-state index < -0.39 is 29.6 Å². The summed E-state index contributed by atoms with van der Waals surface area (Å²) in [5, 5.41) is 6.70. The first-order valence-corrected chi connectivity index (χ1v) is 14.8. The number of likely N-dealkylation sites (tertiary alicyclic amines) is 1. The number of anilines is 1. The van der Waals surface area contributed by atoms with Crippen molar-refractivity contribution in [2.24, 2.45) is 23.7 Å². The summed E-state index contributed by atoms with van der Waals surface area (Å²) in [4.78, 5) is 43.7. The van der Waals surface area contributed by atoms with Gasteiger partial charge in [-0.1, -0.05) is 68.6 Å². The van der Waals surface area contributed by atoms with Crippen LogP contribution in [0.1, 0.15) is 38.7 Å². The van der Waals surface area contributed by atoms with Gasteiger partial charge in [0.1, 0.15) is 17.4 Å². The molecular formula is C32H36ClN3O5. The van der Waals surface area contributed by atoms with Gasteiger partial charge in [0, 0.05) is 23.3 Å². The normalized spacial score (nSPS) is 33.5. The maximum atomic E-state index is 14.3. The second-order valence-electron chi connectivity index (χ2n) is 11.9. The molecule has 4 aliphatic rings. The standard InChI is InChI=1S/C32H36ClN3O5/c1-18-6-4-9-24(19(18)2)35-30(38)28-32-15-14-25(41-32)26(29(37)34-22-8-5-7-21(33)16-22)27(32)31(39)36(28)17-20-10-12-23(40-3)13-11-20/h5,7-8,10-16,18-19,24-28H,4,6,9,17H2,1-3H3,(H,34,37)(H,35,38)/t18-,19+,24-,25-,26-,27-,28+,32+/m1/s1. The van der Waals surface area contributed by atoms with E-state index >= 15 is 0 Å². The number of amides is 3. The van der Waals surface area contributed by atoms with Crippen molar-refractivity contribution >= 4 is 35.0 Å². The third-order valence-corrected chi connectivity index (χ3v) is 9.80. The summed E-state index contributed by atoms with van der Waals surface area (Å²) in [6, 6.07) is 13.4. The third-order valence-electron chi connectivity index (χ3n) is 9.56. The van der Waals surface area contributed by atoms with E-state index in [0.29, 0.717) is 28.3 Å². The molecule has 3 amide bonds. The van der Waals surface area contributed by atoms with Crippen LogP contribution in [0.2, 0.25) is 5.02 Å². The minimum absolute atomic E-state index is 0.0177. The lowest BCUT2D eigenvalue weighted by Crippen LogP contribution is -2.57. The Bertz CT molecular complexity index is 1380. The molecule has 6 rings (SSSR count). The van der Waals surface area contributed by atoms with Crippen LogP contribution in [0.25, 0.3) is 0 Å². The highest BCUT2D eigenvalue weighted by Gasteiger charge is 2.72. The van der Waals surface area contributed by atoms with Crippen molar-refractivity contribution in [3.8, 4) is 5.75 Å². The van der Waals surface area contributed by atoms with Gasteiger partial charge in [-0.05, 0) is 54.2 Å². The quantitative estimate of drug-likeness (QED) is 0.470. The van der Waals surface area contributed by atoms with Crippen LogP contribution in [0.15, 0.2) is 60.7 Å². The third kappa shape index (κ3) is 4.81. The number of fused-ring (bicyclic) bond motifs is 1. The molecular weight excluding hydrogens is 542 g/mol. The smallest absolute Gasteiger partial charge is 0.246 e. The largest absolute Gasteiger partial charge is 0.497 e. The van der Waals surface area contributed by atoms with Gasteiger partial charge in [0.2, 0.25) is 17.7 Å². The second kappa shape index (κ2) is 10.8. The average molecular weight is 578 g/mol. The Kier molecular flexibility index (Phi) is 7.32. The summed E-state index contributed by atoms with van der Waals surface area (Å²) in [7, 11) is 1.60. The molecule has 2 aromatic rings. The van der Waals surface area contributed by atoms with Crippen molar-refractivity contribution in [3.63, 3.8) is 0 Å². The van der Waals surface area contributed by atoms with Crippen LogP contribution >= 0.6 is 11.6 Å². The number of carbonyl (C=O) groups excluding carboxylic acids is 3. The molecule has 8 nitrogen and oxygen atoms in total. The lowest BCUT2D eigenvalue weighted by molar-refractivity contribution is -0.142. The van der Waals surface area contributed by atoms with Crippen molar-refractivity contribution < 1.29 is 23.9 Å². The second-order valence-corrected chi connectivity index (χ2v) is 12.3. The van der Waals surface area contributed by atoms with Gasteiger partial charge in [-0.15, -0.1) is 0 Å². The summed E-state index contributed by atoms with van der Waals surface area (Å²) in [5.41, 5.74) is 0.169. The Morgan fingerprint density at radius 3 is 2.63 bits per heavy atom. The van der Waals surface area contributed by atoms with Crippen molar-refractivity contribution in [3.05, 3.63) is 71.3 Å². The average Bonchev–Trinajstić information content (AvgIpc) is 3.59. The summed E-state index contributed by atoms with van der Waals surface area (Å²) >= 11 is 6.13. The zero-order valence-electron chi connectivity index (χ0n) is 23.5. The molecule has 3 heterocycles. The van der Waals surface area contributed by atoms with Crippen LogP contribution in [0, 0.1) is 23.7 Å². The van der Waals surface area contributed by atoms with Crippen LogP contribution < -0.4 is 15.4 Å². The van der Waals surface area contributed by atoms with Crippen molar-refractivity contribution in [2.45, 2.75) is 63.4 Å². The van der Waals surface area contributed by atoms with Crippen LogP contribution in [0.4, 0.5) is 5.69 Å². The molecule has 8 atom stereocenters. The van der Waals surface area contributed by atoms with E-state index in [1.54, 1.807) is 36.3 Å². The van der Waals surface area contributed by atoms with Crippen molar-refractivity contribution in [2.75, 3.05) is 12.4 Å². The van der Waals surface area contributed by atoms with E-state index in [-0.39, 0.29) is 30.3 Å². The minimum Gasteiger partial charge on any atom is -0.497 e. The summed E-state index contributed by atoms with van der Waals surface area (Å²) in [6.07, 6.45) is 6.16. The van der Waals surface area contributed by atoms with Gasteiger partial charge in [0.05, 0.1) is 25.0 Å². The zero-order chi connectivity index (χ0) is 28.9. The van der Waals surface area contributed by atoms with Gasteiger partial charge in [-0.2, -0.15) is 0 Å². The first-order chi connectivity index (χ1) is 19.7. The molecule has 0 unspecified atom stereocenters. The van der Waals surface area contributed by atoms with E-state index in [4.69, 9.17) is 21.1 Å². The molecule has 1 saturated carbocycles. The molecule has 216 valence electrons. The maximum Gasteiger partial charge on any atom is 0.246 e. The Labute approximate surface area is 245 Å². The molecule has 1 aliphatic carbocycles. The van der Waals surface area contributed by atoms with E-state index in [9.17, 15) is 14.4 Å². The summed E-state index contributed by atoms with van der Waals surface area (Å²) in [5.74, 6) is -0.911. The first kappa shape index (κ1) is 27.8. The predicted molar refractivity (Wildman–Crippen MR) is 155 cm³/mol. The topological polar surface area (TPSA) is 97.0 Å². The highest BCUT2D eigenvalue weighted by atomic mass is 35.5. The van der Waals surface area contributed by atoms with Crippen LogP contribution in [-0.4, -0.2) is 53.5 Å². The maximum absolute atomic E-state index is 14.3. The molecule has 2 saturated heterocycles. The number of ether oxygens (including phenoxy) is 2. The fourth-order valence-electron chi connectivity index (χ4n) is 7.20. The Balaban J connectivity index is 1.33. The van der Waals surface area contributed by atoms with Gasteiger partial charge in [0.25, 0.3) is 0 Å². The predicted octanol–water partition coefficient (Wildman–Crippen LogP) is 4.58. The number of rotatable bonds is 7. The monoisotopic (exact) mass is 577 g/mol. The minimum atomic E-state index is -1.22. The number of nitrogens with one attached hydrogen (secondary N) is 2. The molecule has 2 aromatic carbocycles. The Morgan fingerprint density at radius 2 is 1.90 bits per heavy atom. The Morgan fingerprint density at radius 1 is 1.12 bits per heavy atom. The molecule has 0 radical (unpaired) electrons. The SMILES string of the molecule is COc1ccc(CN2C(=O)[C@H]3[C@H](C(=O)Nc4cccc(Cl)c4)[C@H]4C=C[C@@]3(O4)[C@@H]2C(=O)N[C@@H]2CCC[C@@H](C)[C@@H]2C)cc1. The molecule has 9 heteroatoms. The fraction of sp³-hybridized carbons (Fsp3) is 0.469. The van der Waals surface area contributed by atoms with E-state index in [0.717, 1.165) is 24.8 Å². The highest BCUT2D eigenvalue weighted by molar-refractivity contribution is 6.30. The molecule has 2 bridgehead atoms. The molecule has 2 N–H and O–H groups in total. The number of nitrogens with zero attached hydrogens (tertiary/aromatic N) is 1. The highest BCUT2D eigenvalue weighted by Crippen LogP contribution is 2.55. The van der Waals surface area contributed by atoms with Crippen molar-refractivity contribution in [1.29, 1.82) is 0 Å². The van der Waals surface area contributed by atoms with Crippen molar-refractivity contribution in [1.82, 2.24) is 10.2 Å². The lowest BCUT2D eigenvalue weighted by Gasteiger charge is -2.38. The number of halogens is 1. The molecule has 3 fully saturated rings. The molecule has 1 spiro atoms. The number of carbonyl (C=O) groups is 3. The molecule has 0 aromatic heterocycles. The van der Waals surface area contributed by atoms with Crippen LogP contribution in [0.5, 0.6) is 5.75 Å². The van der Waals surface area contributed by atoms with E-state index in [1.165, 1.54) is 0 Å². The van der Waals surface area contributed by atoms with Crippen LogP contribution in [-0.2, 0) is 25.7 Å². The fourth-order valence-corrected chi connectivity index (χ4v) is 7.39. The zero-order valence-corrected chi connectivity index (χ0v) is 24.3. The van der Waals surface area contributed by atoms with Gasteiger partial charge >= 0.3 is 0 Å². The van der Waals surface area contributed by atoms with Gasteiger partial charge in [0.15, 0.2) is 0 Å². The first-order valence-electron chi connectivity index (χ1n) is 14.4. The lowest BCUT2D eigenvalue weighted by atomic mass is 9.73. The molecule has 41 heavy (non-hydrogen) atoms. The Hall–Kier alpha value is -3.36. The van der Waals surface area contributed by atoms with Gasteiger partial charge in [-0.25, -0.2) is 0 Å². The summed E-state index contributed by atoms with van der Waals surface area (Å²) in [6.45, 7) is 4.61. The number of hydrogen-bond acceptors (Lipinski definition) is 5. The number of benzene rings is 2.